The van der Waals surface area contributed by atoms with E-state index in [1.54, 1.807) is 0 Å². The predicted octanol–water partition coefficient (Wildman–Crippen LogP) is 17.4. The van der Waals surface area contributed by atoms with Crippen LogP contribution >= 0.6 is 11.3 Å². The van der Waals surface area contributed by atoms with Gasteiger partial charge in [-0.2, -0.15) is 0 Å². The van der Waals surface area contributed by atoms with E-state index in [0.717, 1.165) is 22.7 Å². The second-order valence-corrected chi connectivity index (χ2v) is 18.7. The van der Waals surface area contributed by atoms with E-state index in [9.17, 15) is 0 Å². The van der Waals surface area contributed by atoms with Gasteiger partial charge < -0.3 is 9.47 Å². The summed E-state index contributed by atoms with van der Waals surface area (Å²) in [6.07, 6.45) is 0. The molecule has 0 unspecified atom stereocenters. The topological polar surface area (TPSA) is 8.17 Å². The van der Waals surface area contributed by atoms with E-state index >= 15 is 0 Å². The summed E-state index contributed by atoms with van der Waals surface area (Å²) in [7, 11) is 0. The molecule has 0 spiro atoms. The molecule has 3 heteroatoms. The molecule has 0 saturated carbocycles. The minimum absolute atomic E-state index is 0.0774. The second kappa shape index (κ2) is 14.2. The zero-order chi connectivity index (χ0) is 42.5. The number of rotatable bonds is 6. The number of benzene rings is 10. The highest BCUT2D eigenvalue weighted by Gasteiger charge is 2.35. The normalized spacial score (nSPS) is 13.0. The summed E-state index contributed by atoms with van der Waals surface area (Å²) in [6.45, 7) is 4.71. The molecule has 64 heavy (non-hydrogen) atoms. The summed E-state index contributed by atoms with van der Waals surface area (Å²) >= 11 is 1.92. The van der Waals surface area contributed by atoms with E-state index in [0.29, 0.717) is 0 Å². The van der Waals surface area contributed by atoms with Gasteiger partial charge in [0, 0.05) is 64.5 Å². The first-order valence-corrected chi connectivity index (χ1v) is 23.0. The first-order chi connectivity index (χ1) is 31.5. The molecule has 2 nitrogen and oxygen atoms in total. The maximum absolute atomic E-state index is 2.52. The highest BCUT2D eigenvalue weighted by Crippen LogP contribution is 2.52. The van der Waals surface area contributed by atoms with Crippen molar-refractivity contribution in [2.24, 2.45) is 0 Å². The molecule has 0 saturated heterocycles. The van der Waals surface area contributed by atoms with Crippen molar-refractivity contribution in [3.05, 3.63) is 230 Å². The third-order valence-electron chi connectivity index (χ3n) is 13.8. The Labute approximate surface area is 376 Å². The molecule has 0 N–H and O–H groups in total. The van der Waals surface area contributed by atoms with Gasteiger partial charge in [-0.3, -0.25) is 0 Å². The van der Waals surface area contributed by atoms with E-state index in [-0.39, 0.29) is 5.41 Å². The van der Waals surface area contributed by atoms with Crippen LogP contribution in [0.15, 0.2) is 218 Å². The number of aromatic nitrogens is 1. The average molecular weight is 835 g/mol. The predicted molar refractivity (Wildman–Crippen MR) is 274 cm³/mol. The Kier molecular flexibility index (Phi) is 8.16. The summed E-state index contributed by atoms with van der Waals surface area (Å²) in [6, 6.07) is 80.7. The number of hydrogen-bond acceptors (Lipinski definition) is 2. The van der Waals surface area contributed by atoms with Crippen molar-refractivity contribution in [2.45, 2.75) is 19.3 Å². The van der Waals surface area contributed by atoms with Crippen molar-refractivity contribution < 1.29 is 0 Å². The number of fused-ring (bicyclic) bond motifs is 13. The van der Waals surface area contributed by atoms with Crippen LogP contribution in [-0.4, -0.2) is 4.57 Å². The highest BCUT2D eigenvalue weighted by atomic mass is 32.1. The van der Waals surface area contributed by atoms with Crippen LogP contribution in [0.2, 0.25) is 0 Å². The second-order valence-electron chi connectivity index (χ2n) is 17.7. The molecule has 0 bridgehead atoms. The number of anilines is 3. The maximum atomic E-state index is 2.52. The van der Waals surface area contributed by atoms with E-state index in [4.69, 9.17) is 0 Å². The smallest absolute Gasteiger partial charge is 0.0634 e. The van der Waals surface area contributed by atoms with E-state index in [2.05, 4.69) is 242 Å². The molecule has 302 valence electrons. The molecule has 2 aromatic heterocycles. The minimum atomic E-state index is -0.0774. The van der Waals surface area contributed by atoms with Crippen molar-refractivity contribution in [2.75, 3.05) is 4.90 Å². The summed E-state index contributed by atoms with van der Waals surface area (Å²) in [5, 5.41) is 7.73. The lowest BCUT2D eigenvalue weighted by atomic mass is 9.82. The minimum Gasteiger partial charge on any atom is -0.310 e. The largest absolute Gasteiger partial charge is 0.310 e. The van der Waals surface area contributed by atoms with Crippen LogP contribution < -0.4 is 4.90 Å². The van der Waals surface area contributed by atoms with Gasteiger partial charge in [-0.15, -0.1) is 11.3 Å². The average Bonchev–Trinajstić information content (AvgIpc) is 3.98. The Hall–Kier alpha value is -7.72. The Morgan fingerprint density at radius 3 is 1.75 bits per heavy atom. The Bertz CT molecular complexity index is 3780. The van der Waals surface area contributed by atoms with Crippen LogP contribution in [0.3, 0.4) is 0 Å². The molecule has 1 aliphatic rings. The lowest BCUT2D eigenvalue weighted by Crippen LogP contribution is -2.15. The maximum Gasteiger partial charge on any atom is 0.0634 e. The van der Waals surface area contributed by atoms with Gasteiger partial charge in [0.05, 0.1) is 11.0 Å². The van der Waals surface area contributed by atoms with Gasteiger partial charge in [0.25, 0.3) is 0 Å². The standard InChI is InChI=1S/C61H42N2S/c1-61(2)53-25-15-14-22-47(53)51-37-45(32-34-54(51)61)62(44-29-26-41(27-30-44)39-16-6-3-7-17-39)46-31-33-50-55(38-46)63(43-20-10-5-11-21-43)59-49-24-13-12-23-48(49)57-52-36-42(40-18-8-4-9-19-40)28-35-56(52)64-60(57)58(50)59/h3-38H,1-2H3. The first kappa shape index (κ1) is 36.9. The SMILES string of the molecule is CC1(C)c2ccccc2-c2cc(N(c3ccc(-c4ccccc4)cc3)c3ccc4c5c6sc7ccc(-c8ccccc8)cc7c6c6ccccc6c5n(-c5ccccc5)c4c3)ccc21. The van der Waals surface area contributed by atoms with Gasteiger partial charge in [-0.05, 0) is 111 Å². The molecule has 0 aliphatic heterocycles. The van der Waals surface area contributed by atoms with E-state index in [1.165, 1.54) is 97.3 Å². The summed E-state index contributed by atoms with van der Waals surface area (Å²) in [5.74, 6) is 0. The van der Waals surface area contributed by atoms with Crippen molar-refractivity contribution in [1.29, 1.82) is 0 Å². The van der Waals surface area contributed by atoms with Crippen LogP contribution in [0.25, 0.3) is 91.8 Å². The number of thiophene rings is 1. The number of para-hydroxylation sites is 1. The lowest BCUT2D eigenvalue weighted by molar-refractivity contribution is 0.660. The zero-order valence-corrected chi connectivity index (χ0v) is 36.4. The van der Waals surface area contributed by atoms with Crippen molar-refractivity contribution in [3.63, 3.8) is 0 Å². The molecule has 0 fully saturated rings. The lowest BCUT2D eigenvalue weighted by Gasteiger charge is -2.27. The Morgan fingerprint density at radius 2 is 0.984 bits per heavy atom. The fraction of sp³-hybridized carbons (Fsp3) is 0.0492. The molecule has 13 rings (SSSR count). The molecule has 12 aromatic rings. The molecule has 0 amide bonds. The molecule has 0 radical (unpaired) electrons. The van der Waals surface area contributed by atoms with Gasteiger partial charge in [0.2, 0.25) is 0 Å². The number of nitrogens with zero attached hydrogens (tertiary/aromatic N) is 2. The van der Waals surface area contributed by atoms with Gasteiger partial charge in [0.15, 0.2) is 0 Å². The van der Waals surface area contributed by atoms with E-state index in [1.807, 2.05) is 11.3 Å². The third-order valence-corrected chi connectivity index (χ3v) is 14.9. The van der Waals surface area contributed by atoms with Gasteiger partial charge in [-0.25, -0.2) is 0 Å². The molecule has 1 aliphatic carbocycles. The molecule has 2 heterocycles. The summed E-state index contributed by atoms with van der Waals surface area (Å²) < 4.78 is 5.15. The Balaban J connectivity index is 1.09. The monoisotopic (exact) mass is 834 g/mol. The van der Waals surface area contributed by atoms with Gasteiger partial charge >= 0.3 is 0 Å². The Morgan fingerprint density at radius 1 is 0.406 bits per heavy atom. The first-order valence-electron chi connectivity index (χ1n) is 22.2. The van der Waals surface area contributed by atoms with Crippen molar-refractivity contribution in [1.82, 2.24) is 4.57 Å². The fourth-order valence-corrected chi connectivity index (χ4v) is 12.0. The third kappa shape index (κ3) is 5.51. The van der Waals surface area contributed by atoms with Crippen LogP contribution in [0, 0.1) is 0 Å². The fourth-order valence-electron chi connectivity index (χ4n) is 10.7. The van der Waals surface area contributed by atoms with Gasteiger partial charge in [0.1, 0.15) is 0 Å². The highest BCUT2D eigenvalue weighted by molar-refractivity contribution is 7.27. The van der Waals surface area contributed by atoms with Crippen LogP contribution in [0.1, 0.15) is 25.0 Å². The van der Waals surface area contributed by atoms with E-state index < -0.39 is 0 Å². The molecule has 0 atom stereocenters. The number of hydrogen-bond donors (Lipinski definition) is 0. The zero-order valence-electron chi connectivity index (χ0n) is 35.6. The van der Waals surface area contributed by atoms with Crippen LogP contribution in [0.4, 0.5) is 17.1 Å². The summed E-state index contributed by atoms with van der Waals surface area (Å²) in [5.41, 5.74) is 17.1. The molecular weight excluding hydrogens is 793 g/mol. The van der Waals surface area contributed by atoms with Crippen molar-refractivity contribution in [3.8, 4) is 39.1 Å². The van der Waals surface area contributed by atoms with Gasteiger partial charge in [-0.1, -0.05) is 172 Å². The van der Waals surface area contributed by atoms with Crippen LogP contribution in [0.5, 0.6) is 0 Å². The van der Waals surface area contributed by atoms with Crippen LogP contribution in [-0.2, 0) is 5.41 Å². The molecule has 10 aromatic carbocycles. The summed E-state index contributed by atoms with van der Waals surface area (Å²) in [4.78, 5) is 2.45. The quantitative estimate of drug-likeness (QED) is 0.162. The van der Waals surface area contributed by atoms with Crippen molar-refractivity contribution >= 4 is 81.1 Å². The molecular formula is C61H42N2S.